The molecule has 1 amide bonds. The number of nitrogens with one attached hydrogen (secondary N) is 1. The molecule has 4 heterocycles. The van der Waals surface area contributed by atoms with Crippen molar-refractivity contribution in [1.29, 1.82) is 0 Å². The van der Waals surface area contributed by atoms with Crippen LogP contribution in [0.1, 0.15) is 27.4 Å². The van der Waals surface area contributed by atoms with Gasteiger partial charge in [-0.1, -0.05) is 17.7 Å². The largest absolute Gasteiger partial charge is 0.346 e. The van der Waals surface area contributed by atoms with E-state index in [2.05, 4.69) is 30.5 Å². The van der Waals surface area contributed by atoms with Crippen molar-refractivity contribution in [3.8, 4) is 11.6 Å². The molecule has 0 unspecified atom stereocenters. The lowest BCUT2D eigenvalue weighted by molar-refractivity contribution is 0.0946. The molecule has 0 bridgehead atoms. The molecule has 1 N–H and O–H groups in total. The van der Waals surface area contributed by atoms with Gasteiger partial charge >= 0.3 is 0 Å². The van der Waals surface area contributed by atoms with E-state index < -0.39 is 5.91 Å². The zero-order valence-corrected chi connectivity index (χ0v) is 16.5. The summed E-state index contributed by atoms with van der Waals surface area (Å²) in [5, 5.41) is 11.6. The Morgan fingerprint density at radius 3 is 2.83 bits per heavy atom. The first-order chi connectivity index (χ1) is 14.0. The van der Waals surface area contributed by atoms with Crippen LogP contribution < -0.4 is 5.32 Å². The van der Waals surface area contributed by atoms with Crippen LogP contribution in [-0.2, 0) is 6.54 Å². The normalized spacial score (nSPS) is 10.9. The Morgan fingerprint density at radius 2 is 2.10 bits per heavy atom. The quantitative estimate of drug-likeness (QED) is 0.544. The number of pyridine rings is 2. The number of amides is 1. The SMILES string of the molecule is Cc1cc(C)n(-c2ccc(Cl)c(C(=O)NCc3cccnc3-n3cncn3)n2)n1. The van der Waals surface area contributed by atoms with Crippen LogP contribution in [0.3, 0.4) is 0 Å². The van der Waals surface area contributed by atoms with Gasteiger partial charge in [0.1, 0.15) is 18.3 Å². The fourth-order valence-corrected chi connectivity index (χ4v) is 3.11. The van der Waals surface area contributed by atoms with E-state index in [-0.39, 0.29) is 17.3 Å². The fraction of sp³-hybridized carbons (Fsp3) is 0.158. The minimum absolute atomic E-state index is 0.128. The summed E-state index contributed by atoms with van der Waals surface area (Å²) in [6.07, 6.45) is 4.62. The summed E-state index contributed by atoms with van der Waals surface area (Å²) in [6.45, 7) is 4.04. The topological polar surface area (TPSA) is 103 Å². The fourth-order valence-electron chi connectivity index (χ4n) is 2.92. The monoisotopic (exact) mass is 408 g/mol. The van der Waals surface area contributed by atoms with E-state index in [0.29, 0.717) is 11.6 Å². The zero-order valence-electron chi connectivity index (χ0n) is 15.7. The van der Waals surface area contributed by atoms with Crippen molar-refractivity contribution in [3.05, 3.63) is 76.9 Å². The summed E-state index contributed by atoms with van der Waals surface area (Å²) in [7, 11) is 0. The molecule has 4 aromatic rings. The van der Waals surface area contributed by atoms with Gasteiger partial charge in [0.2, 0.25) is 0 Å². The lowest BCUT2D eigenvalue weighted by Crippen LogP contribution is -2.25. The Bertz CT molecular complexity index is 1170. The molecule has 0 aliphatic rings. The zero-order chi connectivity index (χ0) is 20.4. The Kier molecular flexibility index (Phi) is 5.05. The molecule has 0 atom stereocenters. The van der Waals surface area contributed by atoms with Crippen molar-refractivity contribution in [3.63, 3.8) is 0 Å². The first kappa shape index (κ1) is 18.8. The molecule has 0 fully saturated rings. The van der Waals surface area contributed by atoms with E-state index in [1.54, 1.807) is 35.4 Å². The summed E-state index contributed by atoms with van der Waals surface area (Å²) >= 11 is 6.23. The second kappa shape index (κ2) is 7.80. The highest BCUT2D eigenvalue weighted by Gasteiger charge is 2.16. The lowest BCUT2D eigenvalue weighted by atomic mass is 10.2. The third kappa shape index (κ3) is 3.85. The number of nitrogens with zero attached hydrogens (tertiary/aromatic N) is 7. The van der Waals surface area contributed by atoms with Crippen LogP contribution in [0.5, 0.6) is 0 Å². The Morgan fingerprint density at radius 1 is 1.24 bits per heavy atom. The van der Waals surface area contributed by atoms with Gasteiger partial charge in [-0.3, -0.25) is 4.79 Å². The van der Waals surface area contributed by atoms with E-state index in [1.165, 1.54) is 11.0 Å². The van der Waals surface area contributed by atoms with Gasteiger partial charge in [-0.15, -0.1) is 0 Å². The van der Waals surface area contributed by atoms with E-state index >= 15 is 0 Å². The molecule has 10 heteroatoms. The van der Waals surface area contributed by atoms with Crippen LogP contribution in [0.25, 0.3) is 11.6 Å². The molecule has 29 heavy (non-hydrogen) atoms. The molecule has 0 saturated heterocycles. The molecule has 0 aliphatic heterocycles. The average molecular weight is 409 g/mol. The van der Waals surface area contributed by atoms with Crippen molar-refractivity contribution in [2.45, 2.75) is 20.4 Å². The van der Waals surface area contributed by atoms with E-state index in [0.717, 1.165) is 17.0 Å². The van der Waals surface area contributed by atoms with Crippen LogP contribution in [0, 0.1) is 13.8 Å². The van der Waals surface area contributed by atoms with Crippen molar-refractivity contribution in [2.24, 2.45) is 0 Å². The first-order valence-corrected chi connectivity index (χ1v) is 9.18. The minimum atomic E-state index is -0.397. The third-order valence-electron chi connectivity index (χ3n) is 4.22. The number of hydrogen-bond acceptors (Lipinski definition) is 6. The maximum absolute atomic E-state index is 12.8. The van der Waals surface area contributed by atoms with Gasteiger partial charge in [-0.25, -0.2) is 24.3 Å². The van der Waals surface area contributed by atoms with E-state index in [4.69, 9.17) is 11.6 Å². The Hall–Kier alpha value is -3.59. The number of carbonyl (C=O) groups is 1. The van der Waals surface area contributed by atoms with Gasteiger partial charge < -0.3 is 5.32 Å². The number of rotatable bonds is 5. The molecule has 0 saturated carbocycles. The molecular formula is C19H17ClN8O. The molecule has 9 nitrogen and oxygen atoms in total. The molecule has 146 valence electrons. The van der Waals surface area contributed by atoms with Crippen molar-refractivity contribution >= 4 is 17.5 Å². The Balaban J connectivity index is 1.57. The van der Waals surface area contributed by atoms with Crippen molar-refractivity contribution in [2.75, 3.05) is 0 Å². The summed E-state index contributed by atoms with van der Waals surface area (Å²) in [5.41, 5.74) is 2.68. The number of hydrogen-bond donors (Lipinski definition) is 1. The second-order valence-electron chi connectivity index (χ2n) is 6.35. The summed E-state index contributed by atoms with van der Waals surface area (Å²) in [5.74, 6) is 0.711. The van der Waals surface area contributed by atoms with Crippen LogP contribution in [0.2, 0.25) is 5.02 Å². The molecule has 4 aromatic heterocycles. The predicted molar refractivity (Wildman–Crippen MR) is 106 cm³/mol. The number of halogens is 1. The average Bonchev–Trinajstić information content (AvgIpc) is 3.36. The van der Waals surface area contributed by atoms with Gasteiger partial charge in [0.05, 0.1) is 10.7 Å². The third-order valence-corrected chi connectivity index (χ3v) is 4.52. The highest BCUT2D eigenvalue weighted by molar-refractivity contribution is 6.33. The molecule has 0 radical (unpaired) electrons. The van der Waals surface area contributed by atoms with E-state index in [9.17, 15) is 4.79 Å². The van der Waals surface area contributed by atoms with Crippen LogP contribution >= 0.6 is 11.6 Å². The minimum Gasteiger partial charge on any atom is -0.346 e. The summed E-state index contributed by atoms with van der Waals surface area (Å²) < 4.78 is 3.21. The first-order valence-electron chi connectivity index (χ1n) is 8.80. The summed E-state index contributed by atoms with van der Waals surface area (Å²) in [6, 6.07) is 8.94. The Labute approximate surface area is 171 Å². The maximum Gasteiger partial charge on any atom is 0.271 e. The molecule has 0 spiro atoms. The number of aryl methyl sites for hydroxylation is 2. The molecule has 4 rings (SSSR count). The smallest absolute Gasteiger partial charge is 0.271 e. The molecule has 0 aliphatic carbocycles. The second-order valence-corrected chi connectivity index (χ2v) is 6.75. The highest BCUT2D eigenvalue weighted by Crippen LogP contribution is 2.18. The van der Waals surface area contributed by atoms with Crippen LogP contribution in [0.15, 0.2) is 49.2 Å². The van der Waals surface area contributed by atoms with E-state index in [1.807, 2.05) is 26.0 Å². The molecular weight excluding hydrogens is 392 g/mol. The number of carbonyl (C=O) groups excluding carboxylic acids is 1. The number of aromatic nitrogens is 7. The van der Waals surface area contributed by atoms with Crippen LogP contribution in [0.4, 0.5) is 0 Å². The predicted octanol–water partition coefficient (Wildman–Crippen LogP) is 2.44. The molecule has 0 aromatic carbocycles. The standard InChI is InChI=1S/C19H17ClN8O/c1-12-8-13(2)28(26-12)16-6-5-15(20)17(25-16)19(29)23-9-14-4-3-7-22-18(14)27-11-21-10-24-27/h3-8,10-11H,9H2,1-2H3,(H,23,29). The van der Waals surface area contributed by atoms with Crippen LogP contribution in [-0.4, -0.2) is 40.4 Å². The van der Waals surface area contributed by atoms with Gasteiger partial charge in [0.15, 0.2) is 11.6 Å². The van der Waals surface area contributed by atoms with Crippen molar-refractivity contribution in [1.82, 2.24) is 39.8 Å². The van der Waals surface area contributed by atoms with Gasteiger partial charge in [-0.2, -0.15) is 10.2 Å². The van der Waals surface area contributed by atoms with Gasteiger partial charge in [0.25, 0.3) is 5.91 Å². The van der Waals surface area contributed by atoms with Crippen molar-refractivity contribution < 1.29 is 4.79 Å². The van der Waals surface area contributed by atoms with Gasteiger partial charge in [0, 0.05) is 24.0 Å². The maximum atomic E-state index is 12.8. The highest BCUT2D eigenvalue weighted by atomic mass is 35.5. The lowest BCUT2D eigenvalue weighted by Gasteiger charge is -2.11. The van der Waals surface area contributed by atoms with Gasteiger partial charge in [-0.05, 0) is 38.1 Å². The summed E-state index contributed by atoms with van der Waals surface area (Å²) in [4.78, 5) is 25.4.